The molecule has 2 aromatic rings. The molecule has 3 rings (SSSR count). The molecule has 1 fully saturated rings. The van der Waals surface area contributed by atoms with Gasteiger partial charge in [0.25, 0.3) is 11.5 Å². The Kier molecular flexibility index (Phi) is 7.04. The van der Waals surface area contributed by atoms with Crippen molar-refractivity contribution < 1.29 is 18.7 Å². The Morgan fingerprint density at radius 1 is 1.23 bits per heavy atom. The smallest absolute Gasteiger partial charge is 0.279 e. The van der Waals surface area contributed by atoms with Crippen LogP contribution in [0, 0.1) is 18.7 Å². The van der Waals surface area contributed by atoms with E-state index in [1.54, 1.807) is 24.0 Å². The molecule has 8 nitrogen and oxygen atoms in total. The molecule has 1 aliphatic heterocycles. The first-order valence-corrected chi connectivity index (χ1v) is 10.3. The summed E-state index contributed by atoms with van der Waals surface area (Å²) in [5, 5.41) is 2.67. The summed E-state index contributed by atoms with van der Waals surface area (Å²) in [7, 11) is 0. The molecule has 0 unspecified atom stereocenters. The topological polar surface area (TPSA) is 104 Å². The Labute approximate surface area is 179 Å². The Balaban J connectivity index is 1.60. The quantitative estimate of drug-likeness (QED) is 0.730. The molecule has 166 valence electrons. The highest BCUT2D eigenvalue weighted by atomic mass is 19.1. The Hall–Kier alpha value is -3.23. The minimum atomic E-state index is -0.774. The first kappa shape index (κ1) is 22.5. The van der Waals surface area contributed by atoms with Crippen molar-refractivity contribution in [1.29, 1.82) is 0 Å². The molecule has 31 heavy (non-hydrogen) atoms. The second-order valence-corrected chi connectivity index (χ2v) is 8.01. The predicted molar refractivity (Wildman–Crippen MR) is 112 cm³/mol. The van der Waals surface area contributed by atoms with E-state index in [1.165, 1.54) is 18.3 Å². The molecule has 0 bridgehead atoms. The number of benzene rings is 1. The van der Waals surface area contributed by atoms with Crippen LogP contribution in [0.15, 0.2) is 35.3 Å². The van der Waals surface area contributed by atoms with Gasteiger partial charge in [0.15, 0.2) is 5.69 Å². The average molecular weight is 430 g/mol. The zero-order chi connectivity index (χ0) is 22.5. The molecule has 0 spiro atoms. The van der Waals surface area contributed by atoms with Crippen molar-refractivity contribution >= 4 is 11.8 Å². The van der Waals surface area contributed by atoms with Gasteiger partial charge in [0.05, 0.1) is 5.69 Å². The maximum atomic E-state index is 13.1. The van der Waals surface area contributed by atoms with Crippen LogP contribution in [-0.4, -0.2) is 51.9 Å². The number of aromatic amines is 1. The lowest BCUT2D eigenvalue weighted by Crippen LogP contribution is -2.54. The highest BCUT2D eigenvalue weighted by Gasteiger charge is 2.32. The first-order valence-electron chi connectivity index (χ1n) is 10.3. The van der Waals surface area contributed by atoms with Crippen LogP contribution >= 0.6 is 0 Å². The number of ether oxygens (including phenoxy) is 1. The molecule has 1 saturated heterocycles. The minimum Gasteiger partial charge on any atom is -0.490 e. The van der Waals surface area contributed by atoms with Crippen LogP contribution in [0.2, 0.25) is 0 Å². The maximum absolute atomic E-state index is 13.1. The van der Waals surface area contributed by atoms with Crippen molar-refractivity contribution in [2.24, 2.45) is 5.92 Å². The number of piperidine rings is 1. The van der Waals surface area contributed by atoms with Crippen LogP contribution in [0.25, 0.3) is 0 Å². The molecule has 2 N–H and O–H groups in total. The fourth-order valence-corrected chi connectivity index (χ4v) is 3.47. The number of halogens is 1. The Bertz CT molecular complexity index is 982. The van der Waals surface area contributed by atoms with Gasteiger partial charge in [0.1, 0.15) is 23.7 Å². The van der Waals surface area contributed by atoms with Gasteiger partial charge >= 0.3 is 0 Å². The number of carbonyl (C=O) groups is 2. The summed E-state index contributed by atoms with van der Waals surface area (Å²) < 4.78 is 18.9. The van der Waals surface area contributed by atoms with E-state index >= 15 is 0 Å². The average Bonchev–Trinajstić information content (AvgIpc) is 2.75. The third kappa shape index (κ3) is 5.68. The largest absolute Gasteiger partial charge is 0.490 e. The van der Waals surface area contributed by atoms with Crippen molar-refractivity contribution in [2.45, 2.75) is 45.8 Å². The number of carbonyl (C=O) groups excluding carboxylic acids is 2. The van der Waals surface area contributed by atoms with E-state index in [4.69, 9.17) is 4.74 Å². The van der Waals surface area contributed by atoms with Gasteiger partial charge in [-0.05, 0) is 37.1 Å². The minimum absolute atomic E-state index is 0.0725. The SMILES string of the molecule is Cc1c[nH]c(=O)c(C(=O)N[C@H](C(=O)N2CCC(Oc3ccc(F)cc3)CC2)C(C)C)n1. The lowest BCUT2D eigenvalue weighted by Gasteiger charge is -2.35. The van der Waals surface area contributed by atoms with E-state index in [1.807, 2.05) is 13.8 Å². The van der Waals surface area contributed by atoms with Gasteiger partial charge < -0.3 is 19.9 Å². The molecule has 0 radical (unpaired) electrons. The fraction of sp³-hybridized carbons (Fsp3) is 0.455. The first-order chi connectivity index (χ1) is 14.7. The zero-order valence-corrected chi connectivity index (χ0v) is 17.9. The van der Waals surface area contributed by atoms with Crippen LogP contribution in [0.3, 0.4) is 0 Å². The molecular weight excluding hydrogens is 403 g/mol. The van der Waals surface area contributed by atoms with Crippen LogP contribution in [0.1, 0.15) is 42.9 Å². The van der Waals surface area contributed by atoms with E-state index in [2.05, 4.69) is 15.3 Å². The van der Waals surface area contributed by atoms with Gasteiger partial charge in [-0.1, -0.05) is 13.8 Å². The molecular formula is C22H27FN4O4. The molecule has 2 amide bonds. The highest BCUT2D eigenvalue weighted by Crippen LogP contribution is 2.20. The fourth-order valence-electron chi connectivity index (χ4n) is 3.47. The number of hydrogen-bond donors (Lipinski definition) is 2. The van der Waals surface area contributed by atoms with E-state index < -0.39 is 17.5 Å². The molecule has 0 aliphatic carbocycles. The van der Waals surface area contributed by atoms with Gasteiger partial charge in [-0.2, -0.15) is 0 Å². The highest BCUT2D eigenvalue weighted by molar-refractivity contribution is 5.96. The number of likely N-dealkylation sites (tertiary alicyclic amines) is 1. The molecule has 1 aromatic heterocycles. The second-order valence-electron chi connectivity index (χ2n) is 8.01. The van der Waals surface area contributed by atoms with Crippen molar-refractivity contribution in [3.8, 4) is 5.75 Å². The molecule has 1 atom stereocenters. The summed E-state index contributed by atoms with van der Waals surface area (Å²) >= 11 is 0. The van der Waals surface area contributed by atoms with Gasteiger partial charge in [0, 0.05) is 32.1 Å². The maximum Gasteiger partial charge on any atom is 0.279 e. The van der Waals surface area contributed by atoms with Crippen molar-refractivity contribution in [2.75, 3.05) is 13.1 Å². The molecule has 2 heterocycles. The van der Waals surface area contributed by atoms with Gasteiger partial charge in [-0.15, -0.1) is 0 Å². The van der Waals surface area contributed by atoms with Crippen LogP contribution < -0.4 is 15.6 Å². The Morgan fingerprint density at radius 2 is 1.87 bits per heavy atom. The summed E-state index contributed by atoms with van der Waals surface area (Å²) in [5.41, 5.74) is -0.359. The number of aryl methyl sites for hydroxylation is 1. The number of amides is 2. The standard InChI is InChI=1S/C22H27FN4O4/c1-13(2)18(26-21(29)19-20(28)24-12-14(3)25-19)22(30)27-10-8-17(9-11-27)31-16-6-4-15(23)5-7-16/h4-7,12-13,17-18H,8-11H2,1-3H3,(H,24,28)(H,26,29)/t18-/m0/s1. The summed E-state index contributed by atoms with van der Waals surface area (Å²) in [6.07, 6.45) is 2.60. The zero-order valence-electron chi connectivity index (χ0n) is 17.9. The Morgan fingerprint density at radius 3 is 2.48 bits per heavy atom. The number of rotatable bonds is 6. The van der Waals surface area contributed by atoms with Crippen LogP contribution in [0.5, 0.6) is 5.75 Å². The third-order valence-electron chi connectivity index (χ3n) is 5.22. The summed E-state index contributed by atoms with van der Waals surface area (Å²) in [5.74, 6) is -0.778. The summed E-state index contributed by atoms with van der Waals surface area (Å²) in [4.78, 5) is 45.8. The van der Waals surface area contributed by atoms with Crippen LogP contribution in [-0.2, 0) is 4.79 Å². The molecule has 0 saturated carbocycles. The molecule has 1 aromatic carbocycles. The molecule has 1 aliphatic rings. The van der Waals surface area contributed by atoms with Gasteiger partial charge in [0.2, 0.25) is 5.91 Å². The number of nitrogens with zero attached hydrogens (tertiary/aromatic N) is 2. The van der Waals surface area contributed by atoms with Crippen molar-refractivity contribution in [3.05, 3.63) is 58.0 Å². The third-order valence-corrected chi connectivity index (χ3v) is 5.22. The van der Waals surface area contributed by atoms with Gasteiger partial charge in [-0.25, -0.2) is 9.37 Å². The van der Waals surface area contributed by atoms with Crippen LogP contribution in [0.4, 0.5) is 4.39 Å². The second kappa shape index (κ2) is 9.72. The monoisotopic (exact) mass is 430 g/mol. The number of nitrogens with one attached hydrogen (secondary N) is 2. The normalized spacial score (nSPS) is 15.6. The lowest BCUT2D eigenvalue weighted by molar-refractivity contribution is -0.136. The lowest BCUT2D eigenvalue weighted by atomic mass is 10.00. The number of H-pyrrole nitrogens is 1. The molecule has 9 heteroatoms. The summed E-state index contributed by atoms with van der Waals surface area (Å²) in [6.45, 7) is 6.29. The predicted octanol–water partition coefficient (Wildman–Crippen LogP) is 2.04. The van der Waals surface area contributed by atoms with E-state index in [9.17, 15) is 18.8 Å². The number of aromatic nitrogens is 2. The van der Waals surface area contributed by atoms with Crippen molar-refractivity contribution in [1.82, 2.24) is 20.2 Å². The van der Waals surface area contributed by atoms with Gasteiger partial charge in [-0.3, -0.25) is 14.4 Å². The van der Waals surface area contributed by atoms with E-state index in [0.717, 1.165) is 0 Å². The van der Waals surface area contributed by atoms with E-state index in [-0.39, 0.29) is 29.4 Å². The summed E-state index contributed by atoms with van der Waals surface area (Å²) in [6, 6.07) is 5.08. The van der Waals surface area contributed by atoms with Crippen molar-refractivity contribution in [3.63, 3.8) is 0 Å². The van der Waals surface area contributed by atoms with E-state index in [0.29, 0.717) is 37.4 Å². The number of hydrogen-bond acceptors (Lipinski definition) is 5.